The molecule has 0 aromatic carbocycles. The molecule has 264 valence electrons. The normalized spacial score (nSPS) is 14.2. The second kappa shape index (κ2) is 35.4. The standard InChI is InChI=1S/C40H75NO4/c1-3-5-7-9-11-13-15-17-19-20-21-23-25-27-29-31-33-35-39(44)40(45)41-37(36-42)38(43)34-32-30-28-26-24-22-18-16-14-12-10-8-6-4-2/h21,23-24,26,32,34,37-39,42-44H,3-20,22,25,27-31,33,35-36H2,1-2H3,(H,41,45)/b23-21-,26-24+,34-32+. The number of unbranched alkanes of at least 4 members (excludes halogenated alkanes) is 22. The van der Waals surface area contributed by atoms with Crippen molar-refractivity contribution in [3.63, 3.8) is 0 Å². The number of rotatable bonds is 34. The van der Waals surface area contributed by atoms with Crippen LogP contribution >= 0.6 is 0 Å². The van der Waals surface area contributed by atoms with Gasteiger partial charge in [0.25, 0.3) is 0 Å². The highest BCUT2D eigenvalue weighted by molar-refractivity contribution is 5.80. The van der Waals surface area contributed by atoms with E-state index in [2.05, 4.69) is 43.5 Å². The third kappa shape index (κ3) is 31.0. The molecule has 0 bridgehead atoms. The highest BCUT2D eigenvalue weighted by Gasteiger charge is 2.22. The zero-order chi connectivity index (χ0) is 33.1. The molecule has 0 heterocycles. The maximum Gasteiger partial charge on any atom is 0.249 e. The number of hydrogen-bond acceptors (Lipinski definition) is 4. The summed E-state index contributed by atoms with van der Waals surface area (Å²) < 4.78 is 0. The number of carbonyl (C=O) groups is 1. The van der Waals surface area contributed by atoms with Crippen molar-refractivity contribution in [3.05, 3.63) is 36.5 Å². The van der Waals surface area contributed by atoms with Gasteiger partial charge in [-0.05, 0) is 57.8 Å². The van der Waals surface area contributed by atoms with Gasteiger partial charge in [-0.1, -0.05) is 166 Å². The Balaban J connectivity index is 3.79. The molecule has 3 unspecified atom stereocenters. The summed E-state index contributed by atoms with van der Waals surface area (Å²) in [6.45, 7) is 4.14. The topological polar surface area (TPSA) is 89.8 Å². The maximum absolute atomic E-state index is 12.4. The highest BCUT2D eigenvalue weighted by Crippen LogP contribution is 2.13. The number of nitrogens with one attached hydrogen (secondary N) is 1. The van der Waals surface area contributed by atoms with E-state index in [-0.39, 0.29) is 6.61 Å². The smallest absolute Gasteiger partial charge is 0.249 e. The average Bonchev–Trinajstić information content (AvgIpc) is 3.04. The largest absolute Gasteiger partial charge is 0.394 e. The Kier molecular flexibility index (Phi) is 34.3. The van der Waals surface area contributed by atoms with Crippen LogP contribution in [0.15, 0.2) is 36.5 Å². The minimum absolute atomic E-state index is 0.380. The summed E-state index contributed by atoms with van der Waals surface area (Å²) in [6, 6.07) is -0.816. The molecule has 3 atom stereocenters. The summed E-state index contributed by atoms with van der Waals surface area (Å²) in [5.74, 6) is -0.523. The molecule has 5 nitrogen and oxygen atoms in total. The third-order valence-electron chi connectivity index (χ3n) is 8.70. The first kappa shape index (κ1) is 43.6. The summed E-state index contributed by atoms with van der Waals surface area (Å²) >= 11 is 0. The Bertz CT molecular complexity index is 704. The van der Waals surface area contributed by atoms with Crippen LogP contribution in [-0.4, -0.2) is 46.1 Å². The molecule has 0 aliphatic rings. The van der Waals surface area contributed by atoms with E-state index in [1.54, 1.807) is 6.08 Å². The van der Waals surface area contributed by atoms with Gasteiger partial charge in [-0.3, -0.25) is 4.79 Å². The first-order chi connectivity index (χ1) is 22.1. The van der Waals surface area contributed by atoms with Gasteiger partial charge in [0, 0.05) is 0 Å². The summed E-state index contributed by atoms with van der Waals surface area (Å²) in [6.07, 6.45) is 43.0. The number of carbonyl (C=O) groups excluding carboxylic acids is 1. The molecule has 0 saturated heterocycles. The molecule has 1 amide bonds. The van der Waals surface area contributed by atoms with Gasteiger partial charge in [0.2, 0.25) is 5.91 Å². The van der Waals surface area contributed by atoms with Crippen molar-refractivity contribution in [2.75, 3.05) is 6.61 Å². The molecular weight excluding hydrogens is 558 g/mol. The van der Waals surface area contributed by atoms with E-state index in [1.807, 2.05) is 6.08 Å². The fraction of sp³-hybridized carbons (Fsp3) is 0.825. The van der Waals surface area contributed by atoms with Crippen LogP contribution in [0.25, 0.3) is 0 Å². The second-order valence-corrected chi connectivity index (χ2v) is 13.1. The first-order valence-electron chi connectivity index (χ1n) is 19.3. The van der Waals surface area contributed by atoms with Crippen LogP contribution in [0, 0.1) is 0 Å². The fourth-order valence-corrected chi connectivity index (χ4v) is 5.61. The lowest BCUT2D eigenvalue weighted by Crippen LogP contribution is -2.48. The van der Waals surface area contributed by atoms with Gasteiger partial charge in [0.15, 0.2) is 0 Å². The predicted octanol–water partition coefficient (Wildman–Crippen LogP) is 10.4. The van der Waals surface area contributed by atoms with E-state index in [1.165, 1.54) is 116 Å². The fourth-order valence-electron chi connectivity index (χ4n) is 5.61. The molecule has 0 aromatic heterocycles. The van der Waals surface area contributed by atoms with Gasteiger partial charge in [0.1, 0.15) is 6.10 Å². The van der Waals surface area contributed by atoms with Crippen molar-refractivity contribution < 1.29 is 20.1 Å². The van der Waals surface area contributed by atoms with Crippen molar-refractivity contribution in [1.82, 2.24) is 5.32 Å². The molecule has 0 aromatic rings. The van der Waals surface area contributed by atoms with Crippen molar-refractivity contribution in [2.45, 2.75) is 205 Å². The molecule has 0 radical (unpaired) electrons. The van der Waals surface area contributed by atoms with E-state index in [0.717, 1.165) is 51.4 Å². The van der Waals surface area contributed by atoms with Gasteiger partial charge in [-0.25, -0.2) is 0 Å². The first-order valence-corrected chi connectivity index (χ1v) is 19.3. The quantitative estimate of drug-likeness (QED) is 0.0419. The molecule has 0 aliphatic carbocycles. The predicted molar refractivity (Wildman–Crippen MR) is 194 cm³/mol. The van der Waals surface area contributed by atoms with Gasteiger partial charge in [0.05, 0.1) is 18.8 Å². The number of amides is 1. The number of hydrogen-bond donors (Lipinski definition) is 4. The van der Waals surface area contributed by atoms with E-state index in [0.29, 0.717) is 6.42 Å². The van der Waals surface area contributed by atoms with Crippen molar-refractivity contribution in [1.29, 1.82) is 0 Å². The van der Waals surface area contributed by atoms with Crippen LogP contribution in [0.4, 0.5) is 0 Å². The second-order valence-electron chi connectivity index (χ2n) is 13.1. The number of aliphatic hydroxyl groups excluding tert-OH is 3. The van der Waals surface area contributed by atoms with Crippen molar-refractivity contribution in [3.8, 4) is 0 Å². The molecular formula is C40H75NO4. The van der Waals surface area contributed by atoms with E-state index in [9.17, 15) is 20.1 Å². The summed E-state index contributed by atoms with van der Waals surface area (Å²) in [4.78, 5) is 12.4. The van der Waals surface area contributed by atoms with Gasteiger partial charge in [-0.2, -0.15) is 0 Å². The van der Waals surface area contributed by atoms with Crippen LogP contribution in [0.3, 0.4) is 0 Å². The molecule has 0 fully saturated rings. The van der Waals surface area contributed by atoms with Crippen LogP contribution in [0.2, 0.25) is 0 Å². The summed E-state index contributed by atoms with van der Waals surface area (Å²) in [7, 11) is 0. The van der Waals surface area contributed by atoms with Crippen molar-refractivity contribution >= 4 is 5.91 Å². The Morgan fingerprint density at radius 2 is 0.911 bits per heavy atom. The average molecular weight is 634 g/mol. The Morgan fingerprint density at radius 3 is 1.36 bits per heavy atom. The molecule has 5 heteroatoms. The van der Waals surface area contributed by atoms with Gasteiger partial charge < -0.3 is 20.6 Å². The zero-order valence-electron chi connectivity index (χ0n) is 29.7. The van der Waals surface area contributed by atoms with Crippen LogP contribution in [0.1, 0.15) is 187 Å². The Labute approximate surface area is 279 Å². The van der Waals surface area contributed by atoms with Crippen molar-refractivity contribution in [2.24, 2.45) is 0 Å². The minimum Gasteiger partial charge on any atom is -0.394 e. The van der Waals surface area contributed by atoms with Crippen LogP contribution in [-0.2, 0) is 4.79 Å². The van der Waals surface area contributed by atoms with Crippen LogP contribution in [0.5, 0.6) is 0 Å². The Hall–Kier alpha value is -1.43. The number of aliphatic hydroxyl groups is 3. The summed E-state index contributed by atoms with van der Waals surface area (Å²) in [5, 5.41) is 32.9. The lowest BCUT2D eigenvalue weighted by Gasteiger charge is -2.21. The summed E-state index contributed by atoms with van der Waals surface area (Å²) in [5.41, 5.74) is 0. The molecule has 0 spiro atoms. The van der Waals surface area contributed by atoms with Gasteiger partial charge >= 0.3 is 0 Å². The lowest BCUT2D eigenvalue weighted by atomic mass is 10.1. The third-order valence-corrected chi connectivity index (χ3v) is 8.70. The molecule has 0 saturated carbocycles. The van der Waals surface area contributed by atoms with Crippen LogP contribution < -0.4 is 5.32 Å². The van der Waals surface area contributed by atoms with E-state index in [4.69, 9.17) is 0 Å². The molecule has 0 aliphatic heterocycles. The highest BCUT2D eigenvalue weighted by atomic mass is 16.3. The monoisotopic (exact) mass is 634 g/mol. The van der Waals surface area contributed by atoms with E-state index < -0.39 is 24.2 Å². The Morgan fingerprint density at radius 1 is 0.533 bits per heavy atom. The molecule has 4 N–H and O–H groups in total. The minimum atomic E-state index is -1.11. The van der Waals surface area contributed by atoms with E-state index >= 15 is 0 Å². The number of allylic oxidation sites excluding steroid dienone is 5. The SMILES string of the molecule is CCCCCCCCCC/C=C/CC/C=C/C(O)C(CO)NC(=O)C(O)CCCCCC/C=C\CCCCCCCCCCC. The zero-order valence-corrected chi connectivity index (χ0v) is 29.7. The molecule has 0 rings (SSSR count). The molecule has 45 heavy (non-hydrogen) atoms. The maximum atomic E-state index is 12.4. The van der Waals surface area contributed by atoms with Gasteiger partial charge in [-0.15, -0.1) is 0 Å². The lowest BCUT2D eigenvalue weighted by molar-refractivity contribution is -0.131.